The highest BCUT2D eigenvalue weighted by Crippen LogP contribution is 2.25. The third-order valence-electron chi connectivity index (χ3n) is 2.10. The topological polar surface area (TPSA) is 39.8 Å². The van der Waals surface area contributed by atoms with Gasteiger partial charge < -0.3 is 0 Å². The first-order valence-corrected chi connectivity index (χ1v) is 3.20. The number of hydrogen-bond donors (Lipinski definition) is 0. The molecule has 0 saturated carbocycles. The molecule has 0 aromatic rings. The minimum Gasteiger partial charge on any atom is -0.233 e. The Morgan fingerprint density at radius 2 is 1.22 bits per heavy atom. The van der Waals surface area contributed by atoms with Gasteiger partial charge in [-0.25, -0.2) is 10.2 Å². The first-order chi connectivity index (χ1) is 3.89. The summed E-state index contributed by atoms with van der Waals surface area (Å²) in [7, 11) is 0. The van der Waals surface area contributed by atoms with Gasteiger partial charge in [0.05, 0.1) is 12.2 Å². The molecule has 0 aliphatic heterocycles. The van der Waals surface area contributed by atoms with Gasteiger partial charge in [-0.3, -0.25) is 0 Å². The zero-order valence-electron chi connectivity index (χ0n) is 6.47. The third kappa shape index (κ3) is 1.95. The molecule has 0 amide bonds. The van der Waals surface area contributed by atoms with E-state index in [-0.39, 0.29) is 0 Å². The fraction of sp³-hybridized carbons (Fsp3) is 1.00. The van der Waals surface area contributed by atoms with E-state index < -0.39 is 17.6 Å². The molecule has 2 nitrogen and oxygen atoms in total. The van der Waals surface area contributed by atoms with Gasteiger partial charge in [0.25, 0.3) is 0 Å². The maximum absolute atomic E-state index is 10.8. The first kappa shape index (κ1) is 8.92. The van der Waals surface area contributed by atoms with Gasteiger partial charge in [-0.1, -0.05) is 13.8 Å². The second-order valence-electron chi connectivity index (χ2n) is 3.11. The molecule has 0 aliphatic rings. The summed E-state index contributed by atoms with van der Waals surface area (Å²) in [5.74, 6) is 0. The molecule has 0 N–H and O–H groups in total. The molecule has 54 valence electrons. The van der Waals surface area contributed by atoms with Crippen molar-refractivity contribution in [3.8, 4) is 0 Å². The molecule has 0 aromatic heterocycles. The maximum atomic E-state index is 10.8. The van der Waals surface area contributed by atoms with Gasteiger partial charge in [-0.2, -0.15) is 0 Å². The SMILES string of the molecule is CC([O])C(C)(C)C(C)[O]. The minimum absolute atomic E-state index is 0.611. The standard InChI is InChI=1S/C7H14O2/c1-5(8)7(3,4)6(2)9/h5-6H,1-4H3. The Balaban J connectivity index is 4.01. The van der Waals surface area contributed by atoms with E-state index in [9.17, 15) is 10.2 Å². The summed E-state index contributed by atoms with van der Waals surface area (Å²) >= 11 is 0. The van der Waals surface area contributed by atoms with Gasteiger partial charge in [0.1, 0.15) is 0 Å². The van der Waals surface area contributed by atoms with E-state index in [0.717, 1.165) is 0 Å². The molecule has 2 heteroatoms. The summed E-state index contributed by atoms with van der Waals surface area (Å²) in [6.45, 7) is 6.49. The molecule has 0 saturated heterocycles. The van der Waals surface area contributed by atoms with Crippen LogP contribution in [0.3, 0.4) is 0 Å². The van der Waals surface area contributed by atoms with E-state index in [1.807, 2.05) is 0 Å². The van der Waals surface area contributed by atoms with Crippen LogP contribution < -0.4 is 0 Å². The number of rotatable bonds is 2. The van der Waals surface area contributed by atoms with Crippen LogP contribution in [0.5, 0.6) is 0 Å². The van der Waals surface area contributed by atoms with E-state index in [4.69, 9.17) is 0 Å². The van der Waals surface area contributed by atoms with Crippen LogP contribution in [0.4, 0.5) is 0 Å². The average molecular weight is 130 g/mol. The molecule has 0 aliphatic carbocycles. The molecule has 2 radical (unpaired) electrons. The lowest BCUT2D eigenvalue weighted by Crippen LogP contribution is -2.35. The lowest BCUT2D eigenvalue weighted by Gasteiger charge is -2.27. The largest absolute Gasteiger partial charge is 0.233 e. The summed E-state index contributed by atoms with van der Waals surface area (Å²) in [6, 6.07) is 0. The predicted octanol–water partition coefficient (Wildman–Crippen LogP) is 1.65. The Morgan fingerprint density at radius 3 is 1.22 bits per heavy atom. The van der Waals surface area contributed by atoms with Crippen LogP contribution in [0.2, 0.25) is 0 Å². The van der Waals surface area contributed by atoms with Crippen molar-refractivity contribution < 1.29 is 10.2 Å². The van der Waals surface area contributed by atoms with E-state index in [1.54, 1.807) is 13.8 Å². The monoisotopic (exact) mass is 130 g/mol. The lowest BCUT2D eigenvalue weighted by molar-refractivity contribution is -0.0873. The Kier molecular flexibility index (Phi) is 2.65. The molecular weight excluding hydrogens is 116 g/mol. The van der Waals surface area contributed by atoms with E-state index >= 15 is 0 Å². The molecule has 2 unspecified atom stereocenters. The van der Waals surface area contributed by atoms with Crippen LogP contribution in [0, 0.1) is 5.41 Å². The van der Waals surface area contributed by atoms with Crippen LogP contribution in [-0.2, 0) is 10.2 Å². The second kappa shape index (κ2) is 2.67. The average Bonchev–Trinajstić information content (AvgIpc) is 1.65. The highest BCUT2D eigenvalue weighted by Gasteiger charge is 2.31. The van der Waals surface area contributed by atoms with E-state index in [0.29, 0.717) is 0 Å². The maximum Gasteiger partial charge on any atom is 0.0978 e. The van der Waals surface area contributed by atoms with Crippen LogP contribution in [-0.4, -0.2) is 12.2 Å². The predicted molar refractivity (Wildman–Crippen MR) is 34.1 cm³/mol. The van der Waals surface area contributed by atoms with Gasteiger partial charge in [-0.05, 0) is 13.8 Å². The molecule has 0 bridgehead atoms. The summed E-state index contributed by atoms with van der Waals surface area (Å²) in [4.78, 5) is 0. The first-order valence-electron chi connectivity index (χ1n) is 3.20. The molecule has 0 rings (SSSR count). The molecule has 9 heavy (non-hydrogen) atoms. The van der Waals surface area contributed by atoms with Crippen LogP contribution in [0.15, 0.2) is 0 Å². The van der Waals surface area contributed by atoms with Gasteiger partial charge in [0.15, 0.2) is 0 Å². The van der Waals surface area contributed by atoms with Crippen molar-refractivity contribution in [1.82, 2.24) is 0 Å². The molecule has 0 fully saturated rings. The van der Waals surface area contributed by atoms with Crippen molar-refractivity contribution in [2.75, 3.05) is 0 Å². The van der Waals surface area contributed by atoms with E-state index in [2.05, 4.69) is 0 Å². The van der Waals surface area contributed by atoms with Gasteiger partial charge >= 0.3 is 0 Å². The Hall–Kier alpha value is -0.0800. The summed E-state index contributed by atoms with van der Waals surface area (Å²) in [6.07, 6.45) is -1.55. The Labute approximate surface area is 56.5 Å². The molecule has 0 spiro atoms. The summed E-state index contributed by atoms with van der Waals surface area (Å²) in [5, 5.41) is 21.6. The zero-order valence-corrected chi connectivity index (χ0v) is 6.47. The highest BCUT2D eigenvalue weighted by molar-refractivity contribution is 4.78. The van der Waals surface area contributed by atoms with Crippen LogP contribution >= 0.6 is 0 Å². The summed E-state index contributed by atoms with van der Waals surface area (Å²) < 4.78 is 0. The molecule has 0 aromatic carbocycles. The van der Waals surface area contributed by atoms with Gasteiger partial charge in [0.2, 0.25) is 0 Å². The van der Waals surface area contributed by atoms with Crippen molar-refractivity contribution in [2.45, 2.75) is 39.9 Å². The number of hydrogen-bond acceptors (Lipinski definition) is 0. The fourth-order valence-electron chi connectivity index (χ4n) is 0.331. The molecular formula is C7H14O2. The fourth-order valence-corrected chi connectivity index (χ4v) is 0.331. The lowest BCUT2D eigenvalue weighted by atomic mass is 9.82. The molecule has 2 atom stereocenters. The van der Waals surface area contributed by atoms with Gasteiger partial charge in [0, 0.05) is 5.41 Å². The van der Waals surface area contributed by atoms with Gasteiger partial charge in [-0.15, -0.1) is 0 Å². The Morgan fingerprint density at radius 1 is 1.00 bits per heavy atom. The van der Waals surface area contributed by atoms with Crippen molar-refractivity contribution in [2.24, 2.45) is 5.41 Å². The summed E-state index contributed by atoms with van der Waals surface area (Å²) in [5.41, 5.74) is -0.611. The quantitative estimate of drug-likeness (QED) is 0.545. The molecule has 0 heterocycles. The van der Waals surface area contributed by atoms with Crippen molar-refractivity contribution >= 4 is 0 Å². The van der Waals surface area contributed by atoms with Crippen LogP contribution in [0.1, 0.15) is 27.7 Å². The minimum atomic E-state index is -0.773. The zero-order chi connectivity index (χ0) is 7.65. The third-order valence-corrected chi connectivity index (χ3v) is 2.10. The second-order valence-corrected chi connectivity index (χ2v) is 3.11. The normalized spacial score (nSPS) is 19.3. The van der Waals surface area contributed by atoms with Crippen molar-refractivity contribution in [3.63, 3.8) is 0 Å². The van der Waals surface area contributed by atoms with Crippen LogP contribution in [0.25, 0.3) is 0 Å². The van der Waals surface area contributed by atoms with E-state index in [1.165, 1.54) is 13.8 Å². The van der Waals surface area contributed by atoms with Crippen molar-refractivity contribution in [1.29, 1.82) is 0 Å². The smallest absolute Gasteiger partial charge is 0.0978 e. The Bertz CT molecular complexity index is 74.9. The van der Waals surface area contributed by atoms with Crippen molar-refractivity contribution in [3.05, 3.63) is 0 Å². The highest BCUT2D eigenvalue weighted by atomic mass is 16.3.